The van der Waals surface area contributed by atoms with E-state index in [-0.39, 0.29) is 0 Å². The normalized spacial score (nSPS) is 25.4. The van der Waals surface area contributed by atoms with Crippen LogP contribution in [0.5, 0.6) is 0 Å². The molecule has 0 bridgehead atoms. The summed E-state index contributed by atoms with van der Waals surface area (Å²) in [5.74, 6) is 2.17. The van der Waals surface area contributed by atoms with Crippen LogP contribution in [0.15, 0.2) is 12.4 Å². The Bertz CT molecular complexity index is 393. The van der Waals surface area contributed by atoms with Crippen LogP contribution in [0, 0.1) is 5.92 Å². The van der Waals surface area contributed by atoms with Gasteiger partial charge in [0, 0.05) is 18.9 Å². The van der Waals surface area contributed by atoms with Crippen molar-refractivity contribution in [1.29, 1.82) is 0 Å². The van der Waals surface area contributed by atoms with Crippen LogP contribution in [0.4, 0.5) is 0 Å². The van der Waals surface area contributed by atoms with E-state index in [9.17, 15) is 0 Å². The van der Waals surface area contributed by atoms with E-state index in [2.05, 4.69) is 33.0 Å². The highest BCUT2D eigenvalue weighted by Crippen LogP contribution is 2.24. The van der Waals surface area contributed by atoms with Crippen molar-refractivity contribution in [3.8, 4) is 0 Å². The summed E-state index contributed by atoms with van der Waals surface area (Å²) < 4.78 is 2.30. The van der Waals surface area contributed by atoms with Gasteiger partial charge in [-0.15, -0.1) is 0 Å². The van der Waals surface area contributed by atoms with Crippen LogP contribution in [-0.2, 0) is 6.54 Å². The number of nitrogens with zero attached hydrogens (tertiary/aromatic N) is 3. The SMILES string of the molecule is CN1CCC(CCNC2CCCn3ccnc32)CC1. The predicted octanol–water partition coefficient (Wildman–Crippen LogP) is 2.04. The van der Waals surface area contributed by atoms with Gasteiger partial charge in [-0.25, -0.2) is 4.98 Å². The van der Waals surface area contributed by atoms with Crippen molar-refractivity contribution in [1.82, 2.24) is 19.8 Å². The predicted molar refractivity (Wildman–Crippen MR) is 77.0 cm³/mol. The lowest BCUT2D eigenvalue weighted by Crippen LogP contribution is -2.33. The molecule has 1 unspecified atom stereocenters. The van der Waals surface area contributed by atoms with Crippen LogP contribution in [0.25, 0.3) is 0 Å². The maximum Gasteiger partial charge on any atom is 0.125 e. The molecule has 4 heteroatoms. The molecule has 1 fully saturated rings. The number of aromatic nitrogens is 2. The highest BCUT2D eigenvalue weighted by atomic mass is 15.1. The highest BCUT2D eigenvalue weighted by Gasteiger charge is 2.21. The Morgan fingerprint density at radius 3 is 2.95 bits per heavy atom. The van der Waals surface area contributed by atoms with Gasteiger partial charge in [-0.1, -0.05) is 0 Å². The van der Waals surface area contributed by atoms with Crippen LogP contribution in [-0.4, -0.2) is 41.1 Å². The van der Waals surface area contributed by atoms with Gasteiger partial charge in [0.15, 0.2) is 0 Å². The van der Waals surface area contributed by atoms with Gasteiger partial charge in [0.05, 0.1) is 6.04 Å². The van der Waals surface area contributed by atoms with Gasteiger partial charge in [0.1, 0.15) is 5.82 Å². The smallest absolute Gasteiger partial charge is 0.125 e. The number of aryl methyl sites for hydroxylation is 1. The zero-order valence-corrected chi connectivity index (χ0v) is 12.0. The molecule has 1 aromatic rings. The number of rotatable bonds is 4. The van der Waals surface area contributed by atoms with E-state index >= 15 is 0 Å². The van der Waals surface area contributed by atoms with Gasteiger partial charge in [-0.05, 0) is 64.7 Å². The second-order valence-electron chi connectivity index (χ2n) is 6.16. The first-order valence-electron chi connectivity index (χ1n) is 7.76. The lowest BCUT2D eigenvalue weighted by molar-refractivity contribution is 0.209. The molecule has 2 aliphatic rings. The van der Waals surface area contributed by atoms with Crippen LogP contribution in [0.1, 0.15) is 44.0 Å². The number of fused-ring (bicyclic) bond motifs is 1. The van der Waals surface area contributed by atoms with Crippen molar-refractivity contribution in [3.05, 3.63) is 18.2 Å². The summed E-state index contributed by atoms with van der Waals surface area (Å²) >= 11 is 0. The van der Waals surface area contributed by atoms with Crippen molar-refractivity contribution in [3.63, 3.8) is 0 Å². The van der Waals surface area contributed by atoms with Gasteiger partial charge >= 0.3 is 0 Å². The molecule has 1 saturated heterocycles. The first-order valence-corrected chi connectivity index (χ1v) is 7.76. The molecular formula is C15H26N4. The molecule has 0 spiro atoms. The van der Waals surface area contributed by atoms with E-state index in [1.807, 2.05) is 6.20 Å². The fraction of sp³-hybridized carbons (Fsp3) is 0.800. The number of piperidine rings is 1. The maximum absolute atomic E-state index is 4.51. The standard InChI is InChI=1S/C15H26N4/c1-18-10-5-13(6-11-18)4-7-16-14-3-2-9-19-12-8-17-15(14)19/h8,12-14,16H,2-7,9-11H2,1H3. The van der Waals surface area contributed by atoms with E-state index in [1.165, 1.54) is 51.0 Å². The minimum atomic E-state index is 0.481. The van der Waals surface area contributed by atoms with Crippen molar-refractivity contribution in [2.45, 2.75) is 44.7 Å². The minimum Gasteiger partial charge on any atom is -0.334 e. The lowest BCUT2D eigenvalue weighted by Gasteiger charge is -2.30. The number of hydrogen-bond acceptors (Lipinski definition) is 3. The topological polar surface area (TPSA) is 33.1 Å². The minimum absolute atomic E-state index is 0.481. The molecule has 0 amide bonds. The maximum atomic E-state index is 4.51. The van der Waals surface area contributed by atoms with Gasteiger partial charge in [-0.2, -0.15) is 0 Å². The van der Waals surface area contributed by atoms with E-state index in [0.29, 0.717) is 6.04 Å². The zero-order valence-electron chi connectivity index (χ0n) is 12.0. The molecule has 4 nitrogen and oxygen atoms in total. The Morgan fingerprint density at radius 1 is 1.26 bits per heavy atom. The molecule has 3 rings (SSSR count). The summed E-state index contributed by atoms with van der Waals surface area (Å²) in [5, 5.41) is 3.73. The Labute approximate surface area is 116 Å². The summed E-state index contributed by atoms with van der Waals surface area (Å²) in [4.78, 5) is 6.95. The van der Waals surface area contributed by atoms with E-state index < -0.39 is 0 Å². The van der Waals surface area contributed by atoms with Gasteiger partial charge in [-0.3, -0.25) is 0 Å². The molecule has 106 valence electrons. The summed E-state index contributed by atoms with van der Waals surface area (Å²) in [6, 6.07) is 0.481. The monoisotopic (exact) mass is 262 g/mol. The van der Waals surface area contributed by atoms with E-state index in [0.717, 1.165) is 19.0 Å². The van der Waals surface area contributed by atoms with Crippen molar-refractivity contribution < 1.29 is 0 Å². The second-order valence-corrected chi connectivity index (χ2v) is 6.16. The molecule has 0 saturated carbocycles. The molecule has 3 heterocycles. The van der Waals surface area contributed by atoms with Crippen LogP contribution < -0.4 is 5.32 Å². The molecule has 0 radical (unpaired) electrons. The molecule has 19 heavy (non-hydrogen) atoms. The van der Waals surface area contributed by atoms with Gasteiger partial charge in [0.2, 0.25) is 0 Å². The molecule has 2 aliphatic heterocycles. The van der Waals surface area contributed by atoms with Crippen LogP contribution in [0.3, 0.4) is 0 Å². The molecule has 1 atom stereocenters. The Morgan fingerprint density at radius 2 is 2.11 bits per heavy atom. The molecular weight excluding hydrogens is 236 g/mol. The Balaban J connectivity index is 1.44. The van der Waals surface area contributed by atoms with Crippen LogP contribution in [0.2, 0.25) is 0 Å². The largest absolute Gasteiger partial charge is 0.334 e. The summed E-state index contributed by atoms with van der Waals surface area (Å²) in [7, 11) is 2.23. The summed E-state index contributed by atoms with van der Waals surface area (Å²) in [6.07, 6.45) is 10.6. The van der Waals surface area contributed by atoms with Gasteiger partial charge < -0.3 is 14.8 Å². The number of likely N-dealkylation sites (tertiary alicyclic amines) is 1. The van der Waals surface area contributed by atoms with E-state index in [4.69, 9.17) is 0 Å². The average molecular weight is 262 g/mol. The molecule has 1 aromatic heterocycles. The second kappa shape index (κ2) is 6.06. The number of imidazole rings is 1. The highest BCUT2D eigenvalue weighted by molar-refractivity contribution is 5.02. The molecule has 0 aromatic carbocycles. The third-order valence-electron chi connectivity index (χ3n) is 4.73. The van der Waals surface area contributed by atoms with E-state index in [1.54, 1.807) is 0 Å². The van der Waals surface area contributed by atoms with Crippen LogP contribution >= 0.6 is 0 Å². The average Bonchev–Trinajstić information content (AvgIpc) is 2.90. The third-order valence-corrected chi connectivity index (χ3v) is 4.73. The van der Waals surface area contributed by atoms with Crippen molar-refractivity contribution in [2.75, 3.05) is 26.7 Å². The fourth-order valence-corrected chi connectivity index (χ4v) is 3.42. The Hall–Kier alpha value is -0.870. The first-order chi connectivity index (χ1) is 9.33. The van der Waals surface area contributed by atoms with Crippen molar-refractivity contribution >= 4 is 0 Å². The van der Waals surface area contributed by atoms with Crippen molar-refractivity contribution in [2.24, 2.45) is 5.92 Å². The fourth-order valence-electron chi connectivity index (χ4n) is 3.42. The van der Waals surface area contributed by atoms with Gasteiger partial charge in [0.25, 0.3) is 0 Å². The molecule has 0 aliphatic carbocycles. The number of hydrogen-bond donors (Lipinski definition) is 1. The summed E-state index contributed by atoms with van der Waals surface area (Å²) in [6.45, 7) is 4.84. The lowest BCUT2D eigenvalue weighted by atomic mass is 9.93. The quantitative estimate of drug-likeness (QED) is 0.901. The zero-order chi connectivity index (χ0) is 13.1. The Kier molecular flexibility index (Phi) is 4.18. The third kappa shape index (κ3) is 3.18. The molecule has 1 N–H and O–H groups in total. The number of nitrogens with one attached hydrogen (secondary N) is 1. The summed E-state index contributed by atoms with van der Waals surface area (Å²) in [5.41, 5.74) is 0. The first kappa shape index (κ1) is 13.1.